The van der Waals surface area contributed by atoms with Gasteiger partial charge < -0.3 is 24.5 Å². The molecule has 0 spiro atoms. The van der Waals surface area contributed by atoms with Gasteiger partial charge in [-0.05, 0) is 56.7 Å². The van der Waals surface area contributed by atoms with Crippen LogP contribution in [0.1, 0.15) is 43.0 Å². The second-order valence-corrected chi connectivity index (χ2v) is 10.2. The lowest BCUT2D eigenvalue weighted by molar-refractivity contribution is -0.0526. The van der Waals surface area contributed by atoms with E-state index in [1.165, 1.54) is 6.07 Å². The highest BCUT2D eigenvalue weighted by atomic mass is 19.3. The van der Waals surface area contributed by atoms with Gasteiger partial charge in [-0.2, -0.15) is 13.8 Å². The molecule has 2 fully saturated rings. The molecule has 4 aromatic heterocycles. The Kier molecular flexibility index (Phi) is 5.82. The molecule has 0 bridgehead atoms. The molecule has 2 unspecified atom stereocenters. The number of carbonyl (C=O) groups is 1. The predicted molar refractivity (Wildman–Crippen MR) is 134 cm³/mol. The number of aryl methyl sites for hydroxylation is 1. The number of likely N-dealkylation sites (tertiary alicyclic amines) is 1. The number of carbonyl (C=O) groups excluding carboxylic acids is 1. The molecule has 2 N–H and O–H groups in total. The highest BCUT2D eigenvalue weighted by Crippen LogP contribution is 2.36. The van der Waals surface area contributed by atoms with Crippen molar-refractivity contribution in [1.29, 1.82) is 0 Å². The second-order valence-electron chi connectivity index (χ2n) is 10.2. The third kappa shape index (κ3) is 4.41. The number of hydrogen-bond donors (Lipinski definition) is 1. The van der Waals surface area contributed by atoms with Gasteiger partial charge in [0, 0.05) is 49.9 Å². The van der Waals surface area contributed by atoms with Gasteiger partial charge >= 0.3 is 6.61 Å². The number of aromatic nitrogens is 5. The Labute approximate surface area is 212 Å². The van der Waals surface area contributed by atoms with Crippen molar-refractivity contribution in [2.24, 2.45) is 18.7 Å². The number of amides is 1. The van der Waals surface area contributed by atoms with Crippen molar-refractivity contribution < 1.29 is 18.3 Å². The third-order valence-electron chi connectivity index (χ3n) is 7.43. The molecule has 1 amide bonds. The summed E-state index contributed by atoms with van der Waals surface area (Å²) in [6, 6.07) is 7.01. The van der Waals surface area contributed by atoms with Gasteiger partial charge in [-0.15, -0.1) is 0 Å². The SMILES string of the molecule is CC1CCC(N)CN1C(=O)c1cnc2c(c1)nc(-c1cc3ccc(OC(F)F)nc3n1CC1CC1)n2C. The van der Waals surface area contributed by atoms with Gasteiger partial charge in [-0.25, -0.2) is 9.97 Å². The second kappa shape index (κ2) is 9.05. The molecule has 0 aromatic carbocycles. The number of hydrogen-bond acceptors (Lipinski definition) is 6. The molecule has 1 saturated carbocycles. The zero-order valence-corrected chi connectivity index (χ0v) is 20.8. The van der Waals surface area contributed by atoms with Crippen molar-refractivity contribution >= 4 is 28.1 Å². The summed E-state index contributed by atoms with van der Waals surface area (Å²) in [5, 5.41) is 0.809. The maximum atomic E-state index is 13.3. The average molecular weight is 510 g/mol. The number of nitrogens with two attached hydrogens (primary N) is 1. The number of ether oxygens (including phenoxy) is 1. The lowest BCUT2D eigenvalue weighted by Crippen LogP contribution is -2.50. The Hall–Kier alpha value is -3.60. The van der Waals surface area contributed by atoms with Gasteiger partial charge in [-0.1, -0.05) is 0 Å². The highest BCUT2D eigenvalue weighted by molar-refractivity contribution is 5.97. The number of alkyl halides is 2. The molecule has 1 aliphatic carbocycles. The first-order valence-corrected chi connectivity index (χ1v) is 12.6. The minimum atomic E-state index is -2.94. The van der Waals surface area contributed by atoms with Crippen molar-refractivity contribution in [1.82, 2.24) is 29.0 Å². The van der Waals surface area contributed by atoms with E-state index < -0.39 is 6.61 Å². The third-order valence-corrected chi connectivity index (χ3v) is 7.43. The maximum absolute atomic E-state index is 13.3. The maximum Gasteiger partial charge on any atom is 0.388 e. The van der Waals surface area contributed by atoms with E-state index in [2.05, 4.69) is 14.7 Å². The molecule has 9 nitrogen and oxygen atoms in total. The van der Waals surface area contributed by atoms with Crippen LogP contribution in [0, 0.1) is 5.92 Å². The lowest BCUT2D eigenvalue weighted by atomic mass is 9.99. The van der Waals surface area contributed by atoms with Gasteiger partial charge in [0.1, 0.15) is 11.2 Å². The van der Waals surface area contributed by atoms with E-state index in [1.54, 1.807) is 18.3 Å². The summed E-state index contributed by atoms with van der Waals surface area (Å²) in [7, 11) is 1.88. The predicted octanol–water partition coefficient (Wildman–Crippen LogP) is 3.95. The summed E-state index contributed by atoms with van der Waals surface area (Å²) in [5.74, 6) is 0.953. The van der Waals surface area contributed by atoms with E-state index in [0.717, 1.165) is 36.8 Å². The van der Waals surface area contributed by atoms with Crippen molar-refractivity contribution in [3.63, 3.8) is 0 Å². The number of imidazole rings is 1. The van der Waals surface area contributed by atoms with E-state index in [4.69, 9.17) is 10.7 Å². The number of rotatable bonds is 6. The minimum absolute atomic E-state index is 0.0214. The van der Waals surface area contributed by atoms with Crippen LogP contribution in [-0.2, 0) is 13.6 Å². The van der Waals surface area contributed by atoms with Crippen molar-refractivity contribution in [3.05, 3.63) is 36.0 Å². The van der Waals surface area contributed by atoms with Crippen LogP contribution in [-0.4, -0.2) is 60.1 Å². The normalized spacial score (nSPS) is 20.3. The van der Waals surface area contributed by atoms with Gasteiger partial charge in [-0.3, -0.25) is 4.79 Å². The fraction of sp³-hybridized carbons (Fsp3) is 0.462. The highest BCUT2D eigenvalue weighted by Gasteiger charge is 2.29. The molecule has 37 heavy (non-hydrogen) atoms. The van der Waals surface area contributed by atoms with Crippen LogP contribution in [0.25, 0.3) is 33.7 Å². The van der Waals surface area contributed by atoms with E-state index in [-0.39, 0.29) is 23.9 Å². The monoisotopic (exact) mass is 509 g/mol. The Morgan fingerprint density at radius 1 is 1.16 bits per heavy atom. The lowest BCUT2D eigenvalue weighted by Gasteiger charge is -2.36. The first kappa shape index (κ1) is 23.8. The molecular weight excluding hydrogens is 480 g/mol. The van der Waals surface area contributed by atoms with Gasteiger partial charge in [0.05, 0.1) is 11.3 Å². The molecule has 5 heterocycles. The topological polar surface area (TPSA) is 104 Å². The minimum Gasteiger partial charge on any atom is -0.417 e. The van der Waals surface area contributed by atoms with E-state index in [0.29, 0.717) is 47.2 Å². The first-order chi connectivity index (χ1) is 17.8. The molecule has 6 rings (SSSR count). The van der Waals surface area contributed by atoms with E-state index in [1.807, 2.05) is 34.1 Å². The van der Waals surface area contributed by atoms with Crippen molar-refractivity contribution in [3.8, 4) is 17.4 Å². The van der Waals surface area contributed by atoms with Crippen LogP contribution in [0.3, 0.4) is 0 Å². The summed E-state index contributed by atoms with van der Waals surface area (Å²) in [6.07, 6.45) is 5.60. The zero-order chi connectivity index (χ0) is 25.8. The fourth-order valence-corrected chi connectivity index (χ4v) is 5.20. The summed E-state index contributed by atoms with van der Waals surface area (Å²) < 4.78 is 34.1. The van der Waals surface area contributed by atoms with Crippen LogP contribution in [0.2, 0.25) is 0 Å². The molecule has 1 aliphatic heterocycles. The molecule has 1 saturated heterocycles. The fourth-order valence-electron chi connectivity index (χ4n) is 5.20. The van der Waals surface area contributed by atoms with Crippen LogP contribution >= 0.6 is 0 Å². The summed E-state index contributed by atoms with van der Waals surface area (Å²) in [4.78, 5) is 28.9. The summed E-state index contributed by atoms with van der Waals surface area (Å²) >= 11 is 0. The van der Waals surface area contributed by atoms with Crippen LogP contribution < -0.4 is 10.5 Å². The first-order valence-electron chi connectivity index (χ1n) is 12.6. The quantitative estimate of drug-likeness (QED) is 0.422. The van der Waals surface area contributed by atoms with Gasteiger partial charge in [0.15, 0.2) is 11.5 Å². The molecule has 0 radical (unpaired) electrons. The molecule has 2 atom stereocenters. The summed E-state index contributed by atoms with van der Waals surface area (Å²) in [6.45, 7) is 0.330. The molecule has 4 aromatic rings. The van der Waals surface area contributed by atoms with E-state index in [9.17, 15) is 13.6 Å². The average Bonchev–Trinajstić information content (AvgIpc) is 3.55. The Morgan fingerprint density at radius 3 is 2.73 bits per heavy atom. The smallest absolute Gasteiger partial charge is 0.388 e. The number of nitrogens with zero attached hydrogens (tertiary/aromatic N) is 6. The number of fused-ring (bicyclic) bond motifs is 2. The van der Waals surface area contributed by atoms with E-state index >= 15 is 0 Å². The van der Waals surface area contributed by atoms with Crippen LogP contribution in [0.4, 0.5) is 8.78 Å². The van der Waals surface area contributed by atoms with Gasteiger partial charge in [0.25, 0.3) is 5.91 Å². The van der Waals surface area contributed by atoms with Gasteiger partial charge in [0.2, 0.25) is 5.88 Å². The number of pyridine rings is 2. The molecule has 2 aliphatic rings. The van der Waals surface area contributed by atoms with Crippen LogP contribution in [0.5, 0.6) is 5.88 Å². The molecule has 194 valence electrons. The molecular formula is C26H29F2N7O2. The van der Waals surface area contributed by atoms with Crippen molar-refractivity contribution in [2.45, 2.75) is 57.8 Å². The number of halogens is 2. The van der Waals surface area contributed by atoms with Crippen LogP contribution in [0.15, 0.2) is 30.5 Å². The largest absolute Gasteiger partial charge is 0.417 e. The Morgan fingerprint density at radius 2 is 1.97 bits per heavy atom. The number of piperidine rings is 1. The Balaban J connectivity index is 1.41. The summed E-state index contributed by atoms with van der Waals surface area (Å²) in [5.41, 5.74) is 9.24. The Bertz CT molecular complexity index is 1490. The molecule has 11 heteroatoms. The zero-order valence-electron chi connectivity index (χ0n) is 20.8. The standard InChI is InChI=1S/C26H29F2N7O2/c1-14-3-7-18(29)13-34(14)25(36)17-9-19-23(30-11-17)33(2)24(31-19)20-10-16-6-8-21(37-26(27)28)32-22(16)35(20)12-15-4-5-15/h6,8-11,14-15,18,26H,3-5,7,12-13,29H2,1-2H3. The van der Waals surface area contributed by atoms with Crippen molar-refractivity contribution in [2.75, 3.05) is 6.54 Å².